The van der Waals surface area contributed by atoms with Crippen LogP contribution in [-0.4, -0.2) is 38.0 Å². The molecule has 1 atom stereocenters. The highest BCUT2D eigenvalue weighted by Crippen LogP contribution is 2.22. The molecule has 0 radical (unpaired) electrons. The highest BCUT2D eigenvalue weighted by molar-refractivity contribution is 5.99. The van der Waals surface area contributed by atoms with E-state index in [4.69, 9.17) is 9.47 Å². The highest BCUT2D eigenvalue weighted by atomic mass is 16.5. The SMILES string of the molecule is COc1cc(OC)cc(C(=O)N[C@H](C(=O)NNC(=O)c2ccc(C)cc2)C(C)C)c1. The largest absolute Gasteiger partial charge is 0.497 e. The van der Waals surface area contributed by atoms with Gasteiger partial charge in [0.2, 0.25) is 0 Å². The average molecular weight is 413 g/mol. The molecule has 0 aromatic heterocycles. The molecule has 30 heavy (non-hydrogen) atoms. The Morgan fingerprint density at radius 2 is 1.37 bits per heavy atom. The van der Waals surface area contributed by atoms with Gasteiger partial charge in [-0.1, -0.05) is 31.5 Å². The fraction of sp³-hybridized carbons (Fsp3) is 0.318. The monoisotopic (exact) mass is 413 g/mol. The van der Waals surface area contributed by atoms with Crippen molar-refractivity contribution in [3.05, 3.63) is 59.2 Å². The van der Waals surface area contributed by atoms with Crippen LogP contribution in [0.2, 0.25) is 0 Å². The van der Waals surface area contributed by atoms with E-state index in [1.165, 1.54) is 14.2 Å². The number of aryl methyl sites for hydroxylation is 1. The maximum absolute atomic E-state index is 12.7. The molecule has 0 aliphatic carbocycles. The van der Waals surface area contributed by atoms with Crippen LogP contribution in [0.15, 0.2) is 42.5 Å². The number of methoxy groups -OCH3 is 2. The number of carbonyl (C=O) groups excluding carboxylic acids is 3. The number of hydrogen-bond donors (Lipinski definition) is 3. The first-order valence-electron chi connectivity index (χ1n) is 9.46. The van der Waals surface area contributed by atoms with Crippen molar-refractivity contribution < 1.29 is 23.9 Å². The molecule has 3 amide bonds. The third-order valence-corrected chi connectivity index (χ3v) is 4.46. The number of hydrogen-bond acceptors (Lipinski definition) is 5. The zero-order valence-electron chi connectivity index (χ0n) is 17.7. The predicted octanol–water partition coefficient (Wildman–Crippen LogP) is 2.23. The molecule has 0 spiro atoms. The van der Waals surface area contributed by atoms with Crippen LogP contribution in [0.4, 0.5) is 0 Å². The van der Waals surface area contributed by atoms with Gasteiger partial charge in [0.1, 0.15) is 17.5 Å². The lowest BCUT2D eigenvalue weighted by molar-refractivity contribution is -0.124. The molecule has 2 aromatic rings. The van der Waals surface area contributed by atoms with Crippen LogP contribution in [0, 0.1) is 12.8 Å². The van der Waals surface area contributed by atoms with E-state index in [-0.39, 0.29) is 11.5 Å². The van der Waals surface area contributed by atoms with Gasteiger partial charge in [0, 0.05) is 17.2 Å². The van der Waals surface area contributed by atoms with Crippen molar-refractivity contribution >= 4 is 17.7 Å². The molecule has 0 aliphatic heterocycles. The van der Waals surface area contributed by atoms with Crippen LogP contribution >= 0.6 is 0 Å². The van der Waals surface area contributed by atoms with Gasteiger partial charge in [-0.3, -0.25) is 25.2 Å². The number of carbonyl (C=O) groups is 3. The van der Waals surface area contributed by atoms with E-state index in [2.05, 4.69) is 16.2 Å². The van der Waals surface area contributed by atoms with E-state index >= 15 is 0 Å². The lowest BCUT2D eigenvalue weighted by Crippen LogP contribution is -2.54. The summed E-state index contributed by atoms with van der Waals surface area (Å²) in [6, 6.07) is 10.8. The summed E-state index contributed by atoms with van der Waals surface area (Å²) in [6.07, 6.45) is 0. The molecule has 2 aromatic carbocycles. The maximum Gasteiger partial charge on any atom is 0.269 e. The van der Waals surface area contributed by atoms with Crippen molar-refractivity contribution in [2.75, 3.05) is 14.2 Å². The zero-order chi connectivity index (χ0) is 22.3. The summed E-state index contributed by atoms with van der Waals surface area (Å²) < 4.78 is 10.3. The molecule has 8 heteroatoms. The first kappa shape index (κ1) is 22.7. The molecule has 8 nitrogen and oxygen atoms in total. The lowest BCUT2D eigenvalue weighted by atomic mass is 10.0. The Hall–Kier alpha value is -3.55. The van der Waals surface area contributed by atoms with Crippen LogP contribution in [0.5, 0.6) is 11.5 Å². The number of nitrogens with one attached hydrogen (secondary N) is 3. The average Bonchev–Trinajstić information content (AvgIpc) is 2.75. The summed E-state index contributed by atoms with van der Waals surface area (Å²) in [6.45, 7) is 5.49. The maximum atomic E-state index is 12.7. The molecule has 0 aliphatic rings. The van der Waals surface area contributed by atoms with E-state index < -0.39 is 23.8 Å². The number of ether oxygens (including phenoxy) is 2. The van der Waals surface area contributed by atoms with E-state index in [0.717, 1.165) is 5.56 Å². The fourth-order valence-corrected chi connectivity index (χ4v) is 2.67. The van der Waals surface area contributed by atoms with Crippen LogP contribution in [-0.2, 0) is 4.79 Å². The summed E-state index contributed by atoms with van der Waals surface area (Å²) in [5.74, 6) is -0.766. The van der Waals surface area contributed by atoms with Gasteiger partial charge in [0.25, 0.3) is 17.7 Å². The van der Waals surface area contributed by atoms with Gasteiger partial charge in [0.15, 0.2) is 0 Å². The smallest absolute Gasteiger partial charge is 0.269 e. The van der Waals surface area contributed by atoms with Gasteiger partial charge < -0.3 is 14.8 Å². The van der Waals surface area contributed by atoms with Gasteiger partial charge in [-0.05, 0) is 37.1 Å². The molecular weight excluding hydrogens is 386 g/mol. The summed E-state index contributed by atoms with van der Waals surface area (Å²) >= 11 is 0. The lowest BCUT2D eigenvalue weighted by Gasteiger charge is -2.22. The Morgan fingerprint density at radius 3 is 1.87 bits per heavy atom. The van der Waals surface area contributed by atoms with E-state index in [1.807, 2.05) is 6.92 Å². The van der Waals surface area contributed by atoms with E-state index in [0.29, 0.717) is 17.1 Å². The fourth-order valence-electron chi connectivity index (χ4n) is 2.67. The summed E-state index contributed by atoms with van der Waals surface area (Å²) in [7, 11) is 2.97. The molecule has 0 saturated carbocycles. The summed E-state index contributed by atoms with van der Waals surface area (Å²) in [5.41, 5.74) is 6.47. The van der Waals surface area contributed by atoms with Gasteiger partial charge >= 0.3 is 0 Å². The second kappa shape index (κ2) is 10.3. The van der Waals surface area contributed by atoms with Crippen molar-refractivity contribution in [1.29, 1.82) is 0 Å². The van der Waals surface area contributed by atoms with Crippen molar-refractivity contribution in [2.24, 2.45) is 5.92 Å². The van der Waals surface area contributed by atoms with Crippen molar-refractivity contribution in [3.63, 3.8) is 0 Å². The number of amides is 3. The Labute approximate surface area is 175 Å². The normalized spacial score (nSPS) is 11.4. The molecule has 0 saturated heterocycles. The second-order valence-corrected chi connectivity index (χ2v) is 7.11. The van der Waals surface area contributed by atoms with Crippen LogP contribution in [0.1, 0.15) is 40.1 Å². The molecule has 160 valence electrons. The Bertz CT molecular complexity index is 887. The van der Waals surface area contributed by atoms with Crippen LogP contribution in [0.25, 0.3) is 0 Å². The standard InChI is InChI=1S/C22H27N3O5/c1-13(2)19(22(28)25-24-21(27)15-8-6-14(3)7-9-15)23-20(26)16-10-17(29-4)12-18(11-16)30-5/h6-13,19H,1-5H3,(H,23,26)(H,24,27)(H,25,28)/t19-/m0/s1. The number of rotatable bonds is 7. The highest BCUT2D eigenvalue weighted by Gasteiger charge is 2.25. The van der Waals surface area contributed by atoms with Crippen molar-refractivity contribution in [3.8, 4) is 11.5 Å². The second-order valence-electron chi connectivity index (χ2n) is 7.11. The van der Waals surface area contributed by atoms with Crippen LogP contribution < -0.4 is 25.6 Å². The number of hydrazine groups is 1. The summed E-state index contributed by atoms with van der Waals surface area (Å²) in [5, 5.41) is 2.69. The third kappa shape index (κ3) is 5.97. The third-order valence-electron chi connectivity index (χ3n) is 4.46. The van der Waals surface area contributed by atoms with E-state index in [9.17, 15) is 14.4 Å². The van der Waals surface area contributed by atoms with Crippen molar-refractivity contribution in [1.82, 2.24) is 16.2 Å². The minimum atomic E-state index is -0.868. The molecule has 3 N–H and O–H groups in total. The molecule has 0 unspecified atom stereocenters. The zero-order valence-corrected chi connectivity index (χ0v) is 17.7. The minimum absolute atomic E-state index is 0.224. The Morgan fingerprint density at radius 1 is 0.800 bits per heavy atom. The van der Waals surface area contributed by atoms with Crippen LogP contribution in [0.3, 0.4) is 0 Å². The molecule has 2 rings (SSSR count). The number of benzene rings is 2. The first-order chi connectivity index (χ1) is 14.2. The Balaban J connectivity index is 2.06. The molecule has 0 fully saturated rings. The summed E-state index contributed by atoms with van der Waals surface area (Å²) in [4.78, 5) is 37.5. The first-order valence-corrected chi connectivity index (χ1v) is 9.46. The van der Waals surface area contributed by atoms with E-state index in [1.54, 1.807) is 56.3 Å². The van der Waals surface area contributed by atoms with Gasteiger partial charge in [-0.2, -0.15) is 0 Å². The Kier molecular flexibility index (Phi) is 7.80. The van der Waals surface area contributed by atoms with Gasteiger partial charge in [-0.15, -0.1) is 0 Å². The quantitative estimate of drug-likeness (QED) is 0.604. The van der Waals surface area contributed by atoms with Gasteiger partial charge in [-0.25, -0.2) is 0 Å². The minimum Gasteiger partial charge on any atom is -0.497 e. The van der Waals surface area contributed by atoms with Crippen molar-refractivity contribution in [2.45, 2.75) is 26.8 Å². The molecule has 0 heterocycles. The topological polar surface area (TPSA) is 106 Å². The predicted molar refractivity (Wildman–Crippen MR) is 112 cm³/mol. The molecule has 0 bridgehead atoms. The van der Waals surface area contributed by atoms with Gasteiger partial charge in [0.05, 0.1) is 14.2 Å². The molecular formula is C22H27N3O5.